The van der Waals surface area contributed by atoms with Crippen LogP contribution >= 0.6 is 23.2 Å². The van der Waals surface area contributed by atoms with E-state index in [1.165, 1.54) is 37.3 Å². The zero-order valence-electron chi connectivity index (χ0n) is 14.9. The highest BCUT2D eigenvalue weighted by Gasteiger charge is 2.29. The number of aliphatic hydroxyl groups excluding tert-OH is 1. The molecule has 0 atom stereocenters. The monoisotopic (exact) mass is 418 g/mol. The Morgan fingerprint density at radius 3 is 2.11 bits per heavy atom. The number of rotatable bonds is 3. The maximum Gasteiger partial charge on any atom is 0.209 e. The second-order valence-corrected chi connectivity index (χ2v) is 7.00. The van der Waals surface area contributed by atoms with Crippen LogP contribution in [-0.2, 0) is 4.79 Å². The van der Waals surface area contributed by atoms with Gasteiger partial charge in [-0.25, -0.2) is 4.99 Å². The van der Waals surface area contributed by atoms with E-state index in [-0.39, 0.29) is 50.1 Å². The third-order valence-electron chi connectivity index (χ3n) is 4.27. The molecule has 3 rings (SSSR count). The lowest BCUT2D eigenvalue weighted by Gasteiger charge is -2.21. The number of carbonyl (C=O) groups is 1. The third kappa shape index (κ3) is 3.69. The molecule has 8 heteroatoms. The number of phenolic OH excluding ortho intramolecular Hbond substituents is 2. The molecule has 0 unspecified atom stereocenters. The van der Waals surface area contributed by atoms with Crippen LogP contribution in [0.3, 0.4) is 0 Å². The maximum atomic E-state index is 12.7. The van der Waals surface area contributed by atoms with E-state index in [9.17, 15) is 20.1 Å². The van der Waals surface area contributed by atoms with Crippen molar-refractivity contribution >= 4 is 46.1 Å². The zero-order chi connectivity index (χ0) is 20.6. The summed E-state index contributed by atoms with van der Waals surface area (Å²) in [7, 11) is 0. The number of anilines is 1. The number of allylic oxidation sites excluding steroid dienone is 2. The average molecular weight is 419 g/mol. The summed E-state index contributed by atoms with van der Waals surface area (Å²) in [4.78, 5) is 17.1. The number of aromatic hydroxyl groups is 2. The van der Waals surface area contributed by atoms with Crippen molar-refractivity contribution in [1.82, 2.24) is 0 Å². The first kappa shape index (κ1) is 19.8. The minimum absolute atomic E-state index is 0.0759. The zero-order valence-corrected chi connectivity index (χ0v) is 16.4. The van der Waals surface area contributed by atoms with Crippen molar-refractivity contribution < 1.29 is 20.1 Å². The Hall–Kier alpha value is -2.96. The number of nitrogens with one attached hydrogen (secondary N) is 1. The van der Waals surface area contributed by atoms with Gasteiger partial charge in [0.15, 0.2) is 0 Å². The molecule has 0 aromatic heterocycles. The number of aliphatic imine (C=N–C) groups is 1. The normalized spacial score (nSPS) is 16.1. The molecule has 0 radical (unpaired) electrons. The average Bonchev–Trinajstić information content (AvgIpc) is 2.66. The lowest BCUT2D eigenvalue weighted by molar-refractivity contribution is -0.112. The van der Waals surface area contributed by atoms with Gasteiger partial charge >= 0.3 is 0 Å². The number of phenols is 2. The summed E-state index contributed by atoms with van der Waals surface area (Å²) < 4.78 is 0. The van der Waals surface area contributed by atoms with E-state index in [0.29, 0.717) is 16.9 Å². The lowest BCUT2D eigenvalue weighted by atomic mass is 9.93. The Labute approximate surface area is 171 Å². The van der Waals surface area contributed by atoms with Crippen molar-refractivity contribution in [3.8, 4) is 11.5 Å². The van der Waals surface area contributed by atoms with Gasteiger partial charge in [-0.1, -0.05) is 23.2 Å². The first-order valence-corrected chi connectivity index (χ1v) is 8.93. The van der Waals surface area contributed by atoms with E-state index < -0.39 is 0 Å². The summed E-state index contributed by atoms with van der Waals surface area (Å²) in [6.45, 7) is 3.14. The Morgan fingerprint density at radius 2 is 1.50 bits per heavy atom. The van der Waals surface area contributed by atoms with Gasteiger partial charge in [0.1, 0.15) is 23.0 Å². The van der Waals surface area contributed by atoms with Gasteiger partial charge < -0.3 is 20.6 Å². The van der Waals surface area contributed by atoms with Gasteiger partial charge in [-0.3, -0.25) is 4.79 Å². The van der Waals surface area contributed by atoms with Crippen LogP contribution in [0.2, 0.25) is 10.0 Å². The number of hydrogen-bond acceptors (Lipinski definition) is 6. The summed E-state index contributed by atoms with van der Waals surface area (Å²) in [5.41, 5.74) is 1.86. The Morgan fingerprint density at radius 1 is 0.893 bits per heavy atom. The van der Waals surface area contributed by atoms with Crippen molar-refractivity contribution in [3.05, 3.63) is 69.0 Å². The van der Waals surface area contributed by atoms with Gasteiger partial charge in [0.05, 0.1) is 21.4 Å². The largest absolute Gasteiger partial charge is 0.506 e. The van der Waals surface area contributed by atoms with Crippen LogP contribution in [0.15, 0.2) is 64.0 Å². The molecule has 2 aromatic carbocycles. The summed E-state index contributed by atoms with van der Waals surface area (Å²) in [5, 5.41) is 32.8. The van der Waals surface area contributed by atoms with Crippen LogP contribution in [0.5, 0.6) is 11.5 Å². The highest BCUT2D eigenvalue weighted by atomic mass is 35.5. The third-order valence-corrected chi connectivity index (χ3v) is 4.87. The second-order valence-electron chi connectivity index (χ2n) is 6.19. The highest BCUT2D eigenvalue weighted by molar-refractivity contribution is 6.33. The molecule has 2 aromatic rings. The van der Waals surface area contributed by atoms with Crippen LogP contribution in [0.1, 0.15) is 13.8 Å². The summed E-state index contributed by atoms with van der Waals surface area (Å²) in [6, 6.07) is 8.82. The molecule has 0 amide bonds. The number of Topliss-reactive ketones (excluding diaryl/α,β-unsaturated/α-hetero) is 1. The van der Waals surface area contributed by atoms with Gasteiger partial charge in [0.25, 0.3) is 0 Å². The number of benzene rings is 2. The molecule has 144 valence electrons. The SMILES string of the molecule is CC1=C(O)/C(=N\c2ccc(O)c(Cl)c2)C(C)=C(Nc2ccc(O)c(Cl)c2)C1=O. The molecule has 6 nitrogen and oxygen atoms in total. The fraction of sp³-hybridized carbons (Fsp3) is 0.100. The Balaban J connectivity index is 2.07. The highest BCUT2D eigenvalue weighted by Crippen LogP contribution is 2.32. The van der Waals surface area contributed by atoms with Crippen LogP contribution in [0.4, 0.5) is 11.4 Å². The minimum atomic E-state index is -0.387. The summed E-state index contributed by atoms with van der Waals surface area (Å²) >= 11 is 11.8. The van der Waals surface area contributed by atoms with Gasteiger partial charge in [-0.15, -0.1) is 0 Å². The number of nitrogens with zero attached hydrogens (tertiary/aromatic N) is 1. The second kappa shape index (κ2) is 7.58. The number of halogens is 2. The molecule has 28 heavy (non-hydrogen) atoms. The number of carbonyl (C=O) groups excluding carboxylic acids is 1. The van der Waals surface area contributed by atoms with E-state index in [2.05, 4.69) is 10.3 Å². The van der Waals surface area contributed by atoms with Crippen molar-refractivity contribution in [2.24, 2.45) is 4.99 Å². The van der Waals surface area contributed by atoms with E-state index >= 15 is 0 Å². The molecule has 0 spiro atoms. The van der Waals surface area contributed by atoms with Crippen LogP contribution in [0.25, 0.3) is 0 Å². The molecule has 0 saturated heterocycles. The molecular weight excluding hydrogens is 403 g/mol. The maximum absolute atomic E-state index is 12.7. The molecule has 0 saturated carbocycles. The van der Waals surface area contributed by atoms with Crippen molar-refractivity contribution in [3.63, 3.8) is 0 Å². The Bertz CT molecular complexity index is 1090. The van der Waals surface area contributed by atoms with Crippen molar-refractivity contribution in [1.29, 1.82) is 0 Å². The minimum Gasteiger partial charge on any atom is -0.506 e. The van der Waals surface area contributed by atoms with Gasteiger partial charge in [0.2, 0.25) is 5.78 Å². The fourth-order valence-electron chi connectivity index (χ4n) is 2.65. The van der Waals surface area contributed by atoms with E-state index in [1.807, 2.05) is 0 Å². The van der Waals surface area contributed by atoms with Crippen molar-refractivity contribution in [2.45, 2.75) is 13.8 Å². The standard InChI is InChI=1S/C20H16Cl2N2O4/c1-9-17(23-11-3-5-15(25)13(21)7-11)19(27)10(2)20(28)18(9)24-12-4-6-16(26)14(22)8-12/h3-8,23,25-26,28H,1-2H3/b24-18-. The molecule has 0 aliphatic heterocycles. The first-order valence-electron chi connectivity index (χ1n) is 8.18. The molecular formula is C20H16Cl2N2O4. The number of aliphatic hydroxyl groups is 1. The smallest absolute Gasteiger partial charge is 0.209 e. The lowest BCUT2D eigenvalue weighted by Crippen LogP contribution is -2.26. The molecule has 1 aliphatic rings. The Kier molecular flexibility index (Phi) is 5.36. The van der Waals surface area contributed by atoms with Crippen LogP contribution in [-0.4, -0.2) is 26.8 Å². The molecule has 0 heterocycles. The molecule has 0 bridgehead atoms. The van der Waals surface area contributed by atoms with E-state index in [0.717, 1.165) is 0 Å². The van der Waals surface area contributed by atoms with Gasteiger partial charge in [-0.05, 0) is 50.2 Å². The van der Waals surface area contributed by atoms with E-state index in [4.69, 9.17) is 23.2 Å². The number of hydrogen-bond donors (Lipinski definition) is 4. The van der Waals surface area contributed by atoms with Gasteiger partial charge in [-0.2, -0.15) is 0 Å². The molecule has 4 N–H and O–H groups in total. The predicted octanol–water partition coefficient (Wildman–Crippen LogP) is 5.28. The predicted molar refractivity (Wildman–Crippen MR) is 110 cm³/mol. The fourth-order valence-corrected chi connectivity index (χ4v) is 3.01. The van der Waals surface area contributed by atoms with E-state index in [1.54, 1.807) is 13.0 Å². The topological polar surface area (TPSA) is 102 Å². The number of ketones is 1. The summed E-state index contributed by atoms with van der Waals surface area (Å²) in [6.07, 6.45) is 0. The summed E-state index contributed by atoms with van der Waals surface area (Å²) in [5.74, 6) is -0.782. The van der Waals surface area contributed by atoms with Crippen LogP contribution in [0, 0.1) is 0 Å². The molecule has 1 aliphatic carbocycles. The first-order chi connectivity index (χ1) is 13.2. The van der Waals surface area contributed by atoms with Crippen molar-refractivity contribution in [2.75, 3.05) is 5.32 Å². The quantitative estimate of drug-likeness (QED) is 0.401. The molecule has 0 fully saturated rings. The van der Waals surface area contributed by atoms with Gasteiger partial charge in [0, 0.05) is 16.8 Å². The van der Waals surface area contributed by atoms with Crippen LogP contribution < -0.4 is 5.32 Å².